The average molecular weight is 293 g/mol. The van der Waals surface area contributed by atoms with Crippen LogP contribution in [0.25, 0.3) is 11.4 Å². The van der Waals surface area contributed by atoms with E-state index in [0.29, 0.717) is 11.7 Å². The molecule has 1 aliphatic rings. The molecule has 1 fully saturated rings. The zero-order valence-corrected chi connectivity index (χ0v) is 12.2. The molecular formula is C17H15N3O2. The van der Waals surface area contributed by atoms with Crippen LogP contribution in [-0.2, 0) is 5.41 Å². The molecular weight excluding hydrogens is 278 g/mol. The van der Waals surface area contributed by atoms with Gasteiger partial charge in [0.05, 0.1) is 12.5 Å². The summed E-state index contributed by atoms with van der Waals surface area (Å²) >= 11 is 0. The number of benzene rings is 1. The highest BCUT2D eigenvalue weighted by molar-refractivity contribution is 5.56. The third kappa shape index (κ3) is 2.06. The van der Waals surface area contributed by atoms with E-state index in [-0.39, 0.29) is 5.41 Å². The minimum atomic E-state index is -0.147. The molecule has 0 amide bonds. The summed E-state index contributed by atoms with van der Waals surface area (Å²) < 4.78 is 10.7. The number of ether oxygens (including phenoxy) is 1. The summed E-state index contributed by atoms with van der Waals surface area (Å²) in [6, 6.07) is 11.6. The summed E-state index contributed by atoms with van der Waals surface area (Å²) in [7, 11) is 1.65. The van der Waals surface area contributed by atoms with Crippen molar-refractivity contribution in [2.75, 3.05) is 7.11 Å². The van der Waals surface area contributed by atoms with E-state index in [1.54, 1.807) is 13.3 Å². The average Bonchev–Trinajstić information content (AvgIpc) is 3.26. The number of hydrogen-bond acceptors (Lipinski definition) is 5. The third-order valence-electron chi connectivity index (χ3n) is 4.15. The van der Waals surface area contributed by atoms with E-state index in [1.807, 2.05) is 36.5 Å². The number of methoxy groups -OCH3 is 1. The fourth-order valence-corrected chi connectivity index (χ4v) is 2.67. The topological polar surface area (TPSA) is 61.0 Å². The summed E-state index contributed by atoms with van der Waals surface area (Å²) in [5.74, 6) is 2.08. The first-order chi connectivity index (χ1) is 10.8. The first-order valence-corrected chi connectivity index (χ1v) is 7.21. The number of hydrogen-bond donors (Lipinski definition) is 0. The van der Waals surface area contributed by atoms with Gasteiger partial charge in [-0.05, 0) is 48.7 Å². The van der Waals surface area contributed by atoms with Gasteiger partial charge in [0.25, 0.3) is 0 Å². The van der Waals surface area contributed by atoms with Gasteiger partial charge < -0.3 is 9.26 Å². The van der Waals surface area contributed by atoms with Crippen LogP contribution in [0.4, 0.5) is 0 Å². The van der Waals surface area contributed by atoms with Crippen LogP contribution in [0.15, 0.2) is 53.3 Å². The zero-order chi connectivity index (χ0) is 15.0. The predicted octanol–water partition coefficient (Wildman–Crippen LogP) is 3.22. The van der Waals surface area contributed by atoms with Crippen molar-refractivity contribution in [1.82, 2.24) is 15.1 Å². The van der Waals surface area contributed by atoms with Crippen molar-refractivity contribution in [3.8, 4) is 17.1 Å². The van der Waals surface area contributed by atoms with Crippen LogP contribution >= 0.6 is 0 Å². The van der Waals surface area contributed by atoms with Crippen molar-refractivity contribution in [2.45, 2.75) is 18.3 Å². The normalized spacial score (nSPS) is 15.5. The number of aromatic nitrogens is 3. The molecule has 1 aliphatic carbocycles. The molecule has 3 aromatic rings. The third-order valence-corrected chi connectivity index (χ3v) is 4.15. The molecule has 4 rings (SSSR count). The second-order valence-electron chi connectivity index (χ2n) is 5.48. The maximum atomic E-state index is 5.54. The minimum absolute atomic E-state index is 0.147. The lowest BCUT2D eigenvalue weighted by Gasteiger charge is -2.08. The van der Waals surface area contributed by atoms with Gasteiger partial charge in [-0.1, -0.05) is 11.2 Å². The van der Waals surface area contributed by atoms with Crippen molar-refractivity contribution in [1.29, 1.82) is 0 Å². The van der Waals surface area contributed by atoms with Crippen LogP contribution in [0.2, 0.25) is 0 Å². The van der Waals surface area contributed by atoms with Crippen molar-refractivity contribution >= 4 is 0 Å². The Hall–Kier alpha value is -2.69. The Bertz CT molecular complexity index is 777. The highest BCUT2D eigenvalue weighted by atomic mass is 16.5. The molecule has 0 aliphatic heterocycles. The van der Waals surface area contributed by atoms with Gasteiger partial charge in [-0.25, -0.2) is 0 Å². The van der Waals surface area contributed by atoms with E-state index in [1.165, 1.54) is 0 Å². The molecule has 22 heavy (non-hydrogen) atoms. The smallest absolute Gasteiger partial charge is 0.237 e. The molecule has 0 radical (unpaired) electrons. The first kappa shape index (κ1) is 13.0. The Balaban J connectivity index is 1.67. The van der Waals surface area contributed by atoms with Crippen LogP contribution in [0.3, 0.4) is 0 Å². The first-order valence-electron chi connectivity index (χ1n) is 7.21. The highest BCUT2D eigenvalue weighted by Crippen LogP contribution is 2.52. The Morgan fingerprint density at radius 3 is 2.59 bits per heavy atom. The van der Waals surface area contributed by atoms with E-state index in [4.69, 9.17) is 9.26 Å². The molecule has 110 valence electrons. The van der Waals surface area contributed by atoms with Crippen molar-refractivity contribution in [2.24, 2.45) is 0 Å². The van der Waals surface area contributed by atoms with Gasteiger partial charge in [-0.2, -0.15) is 4.98 Å². The Labute approximate surface area is 128 Å². The van der Waals surface area contributed by atoms with Crippen molar-refractivity contribution in [3.63, 3.8) is 0 Å². The molecule has 1 aromatic carbocycles. The minimum Gasteiger partial charge on any atom is -0.497 e. The predicted molar refractivity (Wildman–Crippen MR) is 80.5 cm³/mol. The monoisotopic (exact) mass is 293 g/mol. The molecule has 0 N–H and O–H groups in total. The number of rotatable bonds is 4. The van der Waals surface area contributed by atoms with Gasteiger partial charge in [0.1, 0.15) is 5.75 Å². The molecule has 0 atom stereocenters. The van der Waals surface area contributed by atoms with Gasteiger partial charge in [-0.15, -0.1) is 0 Å². The molecule has 5 nitrogen and oxygen atoms in total. The van der Waals surface area contributed by atoms with E-state index in [9.17, 15) is 0 Å². The van der Waals surface area contributed by atoms with Gasteiger partial charge >= 0.3 is 0 Å². The van der Waals surface area contributed by atoms with Gasteiger partial charge in [-0.3, -0.25) is 4.98 Å². The molecule has 1 saturated carbocycles. The summed E-state index contributed by atoms with van der Waals surface area (Å²) in [4.78, 5) is 8.80. The molecule has 0 saturated heterocycles. The zero-order valence-electron chi connectivity index (χ0n) is 12.2. The van der Waals surface area contributed by atoms with Crippen LogP contribution < -0.4 is 4.74 Å². The maximum absolute atomic E-state index is 5.54. The standard InChI is InChI=1S/C17H15N3O2/c1-21-14-6-4-12(5-7-14)15-19-16(22-20-15)17(8-9-17)13-3-2-10-18-11-13/h2-7,10-11H,8-9H2,1H3. The summed E-state index contributed by atoms with van der Waals surface area (Å²) in [5, 5.41) is 4.13. The largest absolute Gasteiger partial charge is 0.497 e. The number of nitrogens with zero attached hydrogens (tertiary/aromatic N) is 3. The lowest BCUT2D eigenvalue weighted by atomic mass is 9.98. The van der Waals surface area contributed by atoms with E-state index in [0.717, 1.165) is 29.7 Å². The van der Waals surface area contributed by atoms with Gasteiger partial charge in [0.15, 0.2) is 0 Å². The fraction of sp³-hybridized carbons (Fsp3) is 0.235. The summed E-state index contributed by atoms with van der Waals surface area (Å²) in [5.41, 5.74) is 1.91. The Kier molecular flexibility index (Phi) is 2.92. The summed E-state index contributed by atoms with van der Waals surface area (Å²) in [6.07, 6.45) is 5.69. The van der Waals surface area contributed by atoms with E-state index >= 15 is 0 Å². The maximum Gasteiger partial charge on any atom is 0.237 e. The molecule has 2 aromatic heterocycles. The van der Waals surface area contributed by atoms with Gasteiger partial charge in [0.2, 0.25) is 11.7 Å². The van der Waals surface area contributed by atoms with Crippen LogP contribution in [-0.4, -0.2) is 22.2 Å². The van der Waals surface area contributed by atoms with E-state index < -0.39 is 0 Å². The molecule has 0 unspecified atom stereocenters. The second-order valence-corrected chi connectivity index (χ2v) is 5.48. The highest BCUT2D eigenvalue weighted by Gasteiger charge is 2.51. The quantitative estimate of drug-likeness (QED) is 0.739. The molecule has 0 spiro atoms. The SMILES string of the molecule is COc1ccc(-c2noc(C3(c4cccnc4)CC3)n2)cc1. The van der Waals surface area contributed by atoms with Crippen molar-refractivity contribution < 1.29 is 9.26 Å². The molecule has 2 heterocycles. The van der Waals surface area contributed by atoms with Crippen LogP contribution in [0.5, 0.6) is 5.75 Å². The van der Waals surface area contributed by atoms with E-state index in [2.05, 4.69) is 21.2 Å². The van der Waals surface area contributed by atoms with Crippen LogP contribution in [0.1, 0.15) is 24.3 Å². The Morgan fingerprint density at radius 1 is 1.14 bits per heavy atom. The van der Waals surface area contributed by atoms with Crippen LogP contribution in [0, 0.1) is 0 Å². The fourth-order valence-electron chi connectivity index (χ4n) is 2.67. The van der Waals surface area contributed by atoms with Crippen molar-refractivity contribution in [3.05, 3.63) is 60.2 Å². The lowest BCUT2D eigenvalue weighted by Crippen LogP contribution is -2.09. The Morgan fingerprint density at radius 2 is 1.95 bits per heavy atom. The number of pyridine rings is 1. The second kappa shape index (κ2) is 4.94. The summed E-state index contributed by atoms with van der Waals surface area (Å²) in [6.45, 7) is 0. The molecule has 0 bridgehead atoms. The lowest BCUT2D eigenvalue weighted by molar-refractivity contribution is 0.360. The van der Waals surface area contributed by atoms with Gasteiger partial charge in [0, 0.05) is 18.0 Å². The molecule has 5 heteroatoms.